The van der Waals surface area contributed by atoms with Gasteiger partial charge in [-0.05, 0) is 50.1 Å². The van der Waals surface area contributed by atoms with E-state index in [-0.39, 0.29) is 29.4 Å². The quantitative estimate of drug-likeness (QED) is 0.432. The minimum Gasteiger partial charge on any atom is -0.368 e. The van der Waals surface area contributed by atoms with E-state index in [4.69, 9.17) is 4.74 Å². The third-order valence-corrected chi connectivity index (χ3v) is 6.45. The molecule has 0 spiro atoms. The molecule has 34 heavy (non-hydrogen) atoms. The topological polar surface area (TPSA) is 29.5 Å². The van der Waals surface area contributed by atoms with E-state index in [0.717, 1.165) is 5.56 Å². The molecule has 0 saturated carbocycles. The number of ether oxygens (including phenoxy) is 1. The molecule has 0 bridgehead atoms. The normalized spacial score (nSPS) is 20.5. The molecule has 3 atom stereocenters. The van der Waals surface area contributed by atoms with Gasteiger partial charge in [-0.15, -0.1) is 0 Å². The SMILES string of the molecule is CC(=O)N1CC(c2ccccc2)[C@H](C(C)(C)OC(C)c2cc(C(F)(F)F)cc(C(F)(F)F)c2)C1. The fourth-order valence-corrected chi connectivity index (χ4v) is 4.63. The molecule has 1 amide bonds. The molecule has 0 aliphatic carbocycles. The molecule has 1 heterocycles. The summed E-state index contributed by atoms with van der Waals surface area (Å²) in [5.41, 5.74) is -2.95. The summed E-state index contributed by atoms with van der Waals surface area (Å²) in [6.45, 7) is 7.23. The molecule has 0 N–H and O–H groups in total. The van der Waals surface area contributed by atoms with Crippen molar-refractivity contribution in [2.75, 3.05) is 13.1 Å². The number of alkyl halides is 6. The Labute approximate surface area is 194 Å². The van der Waals surface area contributed by atoms with Gasteiger partial charge < -0.3 is 9.64 Å². The molecule has 1 fully saturated rings. The molecule has 2 unspecified atom stereocenters. The van der Waals surface area contributed by atoms with E-state index < -0.39 is 35.2 Å². The first-order chi connectivity index (χ1) is 15.6. The summed E-state index contributed by atoms with van der Waals surface area (Å²) >= 11 is 0. The van der Waals surface area contributed by atoms with Gasteiger partial charge in [0.05, 0.1) is 22.8 Å². The number of rotatable bonds is 5. The Morgan fingerprint density at radius 2 is 1.47 bits per heavy atom. The second-order valence-corrected chi connectivity index (χ2v) is 9.25. The van der Waals surface area contributed by atoms with Crippen LogP contribution in [0.5, 0.6) is 0 Å². The summed E-state index contributed by atoms with van der Waals surface area (Å²) < 4.78 is 85.9. The van der Waals surface area contributed by atoms with Crippen LogP contribution in [0.25, 0.3) is 0 Å². The van der Waals surface area contributed by atoms with Crippen LogP contribution in [0, 0.1) is 5.92 Å². The third kappa shape index (κ3) is 5.74. The lowest BCUT2D eigenvalue weighted by Gasteiger charge is -2.38. The maximum absolute atomic E-state index is 13.3. The van der Waals surface area contributed by atoms with E-state index >= 15 is 0 Å². The van der Waals surface area contributed by atoms with Crippen LogP contribution in [-0.2, 0) is 21.9 Å². The maximum Gasteiger partial charge on any atom is 0.416 e. The molecule has 186 valence electrons. The lowest BCUT2D eigenvalue weighted by atomic mass is 9.78. The average Bonchev–Trinajstić information content (AvgIpc) is 3.19. The monoisotopic (exact) mass is 487 g/mol. The van der Waals surface area contributed by atoms with Crippen molar-refractivity contribution in [2.45, 2.75) is 57.7 Å². The van der Waals surface area contributed by atoms with Crippen molar-refractivity contribution in [1.82, 2.24) is 4.90 Å². The van der Waals surface area contributed by atoms with Crippen molar-refractivity contribution in [1.29, 1.82) is 0 Å². The fourth-order valence-electron chi connectivity index (χ4n) is 4.63. The molecule has 2 aromatic carbocycles. The Morgan fingerprint density at radius 3 is 1.94 bits per heavy atom. The molecule has 0 aromatic heterocycles. The first-order valence-electron chi connectivity index (χ1n) is 10.9. The van der Waals surface area contributed by atoms with Crippen molar-refractivity contribution in [3.8, 4) is 0 Å². The molecular formula is C25H27F6NO2. The lowest BCUT2D eigenvalue weighted by Crippen LogP contribution is -2.40. The van der Waals surface area contributed by atoms with Gasteiger partial charge in [-0.25, -0.2) is 0 Å². The van der Waals surface area contributed by atoms with Gasteiger partial charge >= 0.3 is 12.4 Å². The summed E-state index contributed by atoms with van der Waals surface area (Å²) in [4.78, 5) is 13.8. The van der Waals surface area contributed by atoms with Crippen LogP contribution in [0.15, 0.2) is 48.5 Å². The number of carbonyl (C=O) groups is 1. The number of halogens is 6. The highest BCUT2D eigenvalue weighted by atomic mass is 19.4. The molecule has 9 heteroatoms. The number of nitrogens with zero attached hydrogens (tertiary/aromatic N) is 1. The van der Waals surface area contributed by atoms with Crippen molar-refractivity contribution in [3.63, 3.8) is 0 Å². The Morgan fingerprint density at radius 1 is 0.941 bits per heavy atom. The second kappa shape index (κ2) is 9.24. The summed E-state index contributed by atoms with van der Waals surface area (Å²) in [6, 6.07) is 11.0. The number of likely N-dealkylation sites (tertiary alicyclic amines) is 1. The number of amides is 1. The van der Waals surface area contributed by atoms with Crippen LogP contribution in [-0.4, -0.2) is 29.5 Å². The number of carbonyl (C=O) groups excluding carboxylic acids is 1. The average molecular weight is 487 g/mol. The predicted molar refractivity (Wildman–Crippen MR) is 115 cm³/mol. The van der Waals surface area contributed by atoms with Crippen molar-refractivity contribution in [2.24, 2.45) is 5.92 Å². The van der Waals surface area contributed by atoms with Gasteiger partial charge in [0.1, 0.15) is 0 Å². The standard InChI is InChI=1S/C25H27F6NO2/c1-15(18-10-19(24(26,27)28)12-20(11-18)25(29,30)31)34-23(3,4)22-14-32(16(2)33)13-21(22)17-8-6-5-7-9-17/h5-12,15,21-22H,13-14H2,1-4H3/t15?,21?,22-/m1/s1. The predicted octanol–water partition coefficient (Wildman–Crippen LogP) is 6.84. The molecule has 1 aliphatic heterocycles. The Kier molecular flexibility index (Phi) is 7.09. The largest absolute Gasteiger partial charge is 0.416 e. The minimum atomic E-state index is -4.93. The second-order valence-electron chi connectivity index (χ2n) is 9.25. The van der Waals surface area contributed by atoms with E-state index in [2.05, 4.69) is 0 Å². The van der Waals surface area contributed by atoms with Crippen LogP contribution >= 0.6 is 0 Å². The van der Waals surface area contributed by atoms with E-state index in [1.165, 1.54) is 13.8 Å². The summed E-state index contributed by atoms with van der Waals surface area (Å²) in [5, 5.41) is 0. The van der Waals surface area contributed by atoms with Gasteiger partial charge in [0.15, 0.2) is 0 Å². The lowest BCUT2D eigenvalue weighted by molar-refractivity contribution is -0.143. The molecule has 0 radical (unpaired) electrons. The Hall–Kier alpha value is -2.55. The van der Waals surface area contributed by atoms with Gasteiger partial charge in [-0.2, -0.15) is 26.3 Å². The zero-order valence-electron chi connectivity index (χ0n) is 19.3. The minimum absolute atomic E-state index is 0.0976. The van der Waals surface area contributed by atoms with E-state index in [0.29, 0.717) is 25.2 Å². The van der Waals surface area contributed by atoms with Crippen LogP contribution < -0.4 is 0 Å². The number of hydrogen-bond donors (Lipinski definition) is 0. The van der Waals surface area contributed by atoms with Crippen molar-refractivity contribution in [3.05, 3.63) is 70.8 Å². The van der Waals surface area contributed by atoms with E-state index in [1.54, 1.807) is 18.7 Å². The van der Waals surface area contributed by atoms with Gasteiger partial charge in [-0.1, -0.05) is 30.3 Å². The van der Waals surface area contributed by atoms with Crippen LogP contribution in [0.4, 0.5) is 26.3 Å². The first kappa shape index (κ1) is 26.1. The third-order valence-electron chi connectivity index (χ3n) is 6.45. The van der Waals surface area contributed by atoms with Gasteiger partial charge in [0.25, 0.3) is 0 Å². The fraction of sp³-hybridized carbons (Fsp3) is 0.480. The van der Waals surface area contributed by atoms with Gasteiger partial charge in [0, 0.05) is 31.8 Å². The number of benzene rings is 2. The van der Waals surface area contributed by atoms with E-state index in [1.807, 2.05) is 30.3 Å². The number of hydrogen-bond acceptors (Lipinski definition) is 2. The van der Waals surface area contributed by atoms with Crippen molar-refractivity contribution < 1.29 is 35.9 Å². The van der Waals surface area contributed by atoms with Crippen molar-refractivity contribution >= 4 is 5.91 Å². The highest BCUT2D eigenvalue weighted by Gasteiger charge is 2.45. The molecular weight excluding hydrogens is 460 g/mol. The Bertz CT molecular complexity index is 984. The summed E-state index contributed by atoms with van der Waals surface area (Å²) in [5.74, 6) is -0.436. The molecule has 1 saturated heterocycles. The molecule has 3 rings (SSSR count). The van der Waals surface area contributed by atoms with Gasteiger partial charge in [-0.3, -0.25) is 4.79 Å². The first-order valence-corrected chi connectivity index (χ1v) is 10.9. The summed E-state index contributed by atoms with van der Waals surface area (Å²) in [6.07, 6.45) is -10.9. The van der Waals surface area contributed by atoms with Crippen LogP contribution in [0.3, 0.4) is 0 Å². The smallest absolute Gasteiger partial charge is 0.368 e. The van der Waals surface area contributed by atoms with Gasteiger partial charge in [0.2, 0.25) is 5.91 Å². The molecule has 3 nitrogen and oxygen atoms in total. The maximum atomic E-state index is 13.3. The van der Waals surface area contributed by atoms with Crippen LogP contribution in [0.2, 0.25) is 0 Å². The highest BCUT2D eigenvalue weighted by Crippen LogP contribution is 2.44. The Balaban J connectivity index is 1.93. The molecule has 1 aliphatic rings. The summed E-state index contributed by atoms with van der Waals surface area (Å²) in [7, 11) is 0. The zero-order valence-corrected chi connectivity index (χ0v) is 19.3. The van der Waals surface area contributed by atoms with Crippen LogP contribution in [0.1, 0.15) is 62.0 Å². The highest BCUT2D eigenvalue weighted by molar-refractivity contribution is 5.73. The van der Waals surface area contributed by atoms with E-state index in [9.17, 15) is 31.1 Å². The molecule has 2 aromatic rings. The zero-order chi connectivity index (χ0) is 25.5.